The van der Waals surface area contributed by atoms with E-state index in [-0.39, 0.29) is 23.0 Å². The predicted molar refractivity (Wildman–Crippen MR) is 158 cm³/mol. The number of ether oxygens (including phenoxy) is 1. The number of benzene rings is 3. The van der Waals surface area contributed by atoms with Crippen LogP contribution in [0.4, 0.5) is 5.69 Å². The Morgan fingerprint density at radius 2 is 1.68 bits per heavy atom. The molecule has 1 N–H and O–H groups in total. The number of methoxy groups -OCH3 is 1. The van der Waals surface area contributed by atoms with Crippen molar-refractivity contribution in [1.82, 2.24) is 10.2 Å². The maximum absolute atomic E-state index is 14.0. The van der Waals surface area contributed by atoms with Crippen molar-refractivity contribution in [2.45, 2.75) is 51.6 Å². The monoisotopic (exact) mass is 585 g/mol. The van der Waals surface area contributed by atoms with E-state index in [1.165, 1.54) is 24.1 Å². The minimum Gasteiger partial charge on any atom is -0.495 e. The standard InChI is InChI=1S/C30H36ClN3O5S/c1-6-16-32-30(36)23(4)33(19-24-8-7-9-25(31)18-24)29(35)20-34(27-17-22(3)12-15-28(27)39-5)40(37,38)26-13-10-21(2)11-14-26/h7-15,17-18,23H,6,16,19-20H2,1-5H3,(H,32,36)/t23-/m0/s1. The van der Waals surface area contributed by atoms with E-state index < -0.39 is 28.5 Å². The molecule has 1 atom stereocenters. The lowest BCUT2D eigenvalue weighted by molar-refractivity contribution is -0.139. The van der Waals surface area contributed by atoms with Gasteiger partial charge in [0.1, 0.15) is 18.3 Å². The molecule has 0 unspecified atom stereocenters. The predicted octanol–water partition coefficient (Wildman–Crippen LogP) is 5.10. The molecule has 3 aromatic carbocycles. The molecule has 0 bridgehead atoms. The number of rotatable bonds is 12. The second-order valence-electron chi connectivity index (χ2n) is 9.62. The lowest BCUT2D eigenvalue weighted by Crippen LogP contribution is -2.51. The Hall–Kier alpha value is -3.56. The van der Waals surface area contributed by atoms with Crippen LogP contribution in [-0.4, -0.2) is 51.4 Å². The zero-order valence-electron chi connectivity index (χ0n) is 23.5. The SMILES string of the molecule is CCCNC(=O)[C@H](C)N(Cc1cccc(Cl)c1)C(=O)CN(c1cc(C)ccc1OC)S(=O)(=O)c1ccc(C)cc1. The summed E-state index contributed by atoms with van der Waals surface area (Å²) in [7, 11) is -2.76. The summed E-state index contributed by atoms with van der Waals surface area (Å²) >= 11 is 6.19. The quantitative estimate of drug-likeness (QED) is 0.319. The van der Waals surface area contributed by atoms with Crippen LogP contribution in [0, 0.1) is 13.8 Å². The number of nitrogens with one attached hydrogen (secondary N) is 1. The van der Waals surface area contributed by atoms with Gasteiger partial charge in [-0.2, -0.15) is 0 Å². The lowest BCUT2D eigenvalue weighted by Gasteiger charge is -2.32. The largest absolute Gasteiger partial charge is 0.495 e. The van der Waals surface area contributed by atoms with Gasteiger partial charge in [-0.05, 0) is 74.7 Å². The fourth-order valence-electron chi connectivity index (χ4n) is 4.16. The number of anilines is 1. The first kappa shape index (κ1) is 31.0. The maximum Gasteiger partial charge on any atom is 0.264 e. The third-order valence-corrected chi connectivity index (χ3v) is 8.46. The van der Waals surface area contributed by atoms with Gasteiger partial charge in [0.15, 0.2) is 0 Å². The number of hydrogen-bond donors (Lipinski definition) is 1. The van der Waals surface area contributed by atoms with Crippen molar-refractivity contribution < 1.29 is 22.7 Å². The summed E-state index contributed by atoms with van der Waals surface area (Å²) in [5.41, 5.74) is 2.61. The van der Waals surface area contributed by atoms with E-state index in [9.17, 15) is 18.0 Å². The molecule has 0 spiro atoms. The number of amides is 2. The summed E-state index contributed by atoms with van der Waals surface area (Å²) in [5.74, 6) is -0.596. The zero-order chi connectivity index (χ0) is 29.4. The molecule has 8 nitrogen and oxygen atoms in total. The summed E-state index contributed by atoms with van der Waals surface area (Å²) in [6.07, 6.45) is 0.733. The van der Waals surface area contributed by atoms with Crippen LogP contribution in [0.1, 0.15) is 37.0 Å². The summed E-state index contributed by atoms with van der Waals surface area (Å²) in [5, 5.41) is 3.31. The van der Waals surface area contributed by atoms with Gasteiger partial charge in [0, 0.05) is 18.1 Å². The molecular formula is C30H36ClN3O5S. The number of carbonyl (C=O) groups is 2. The average molecular weight is 586 g/mol. The van der Waals surface area contributed by atoms with Gasteiger partial charge in [-0.1, -0.05) is 54.4 Å². The molecule has 0 saturated heterocycles. The van der Waals surface area contributed by atoms with E-state index >= 15 is 0 Å². The first-order chi connectivity index (χ1) is 19.0. The highest BCUT2D eigenvalue weighted by molar-refractivity contribution is 7.92. The second-order valence-corrected chi connectivity index (χ2v) is 11.9. The number of aryl methyl sites for hydroxylation is 2. The molecule has 0 aliphatic carbocycles. The van der Waals surface area contributed by atoms with Crippen LogP contribution < -0.4 is 14.4 Å². The second kappa shape index (κ2) is 13.7. The molecule has 0 aliphatic heterocycles. The van der Waals surface area contributed by atoms with Crippen LogP contribution in [0.2, 0.25) is 5.02 Å². The third kappa shape index (κ3) is 7.55. The fraction of sp³-hybridized carbons (Fsp3) is 0.333. The van der Waals surface area contributed by atoms with Crippen LogP contribution in [-0.2, 0) is 26.2 Å². The van der Waals surface area contributed by atoms with Gasteiger partial charge in [0.05, 0.1) is 17.7 Å². The van der Waals surface area contributed by atoms with Crippen LogP contribution in [0.5, 0.6) is 5.75 Å². The molecule has 3 rings (SSSR count). The highest BCUT2D eigenvalue weighted by Crippen LogP contribution is 2.34. The van der Waals surface area contributed by atoms with Gasteiger partial charge >= 0.3 is 0 Å². The molecule has 0 radical (unpaired) electrons. The minimum atomic E-state index is -4.20. The molecule has 10 heteroatoms. The summed E-state index contributed by atoms with van der Waals surface area (Å²) in [4.78, 5) is 28.4. The molecule has 214 valence electrons. The van der Waals surface area contributed by atoms with Crippen LogP contribution >= 0.6 is 11.6 Å². The molecule has 3 aromatic rings. The molecule has 2 amide bonds. The van der Waals surface area contributed by atoms with E-state index in [2.05, 4.69) is 5.32 Å². The third-order valence-electron chi connectivity index (χ3n) is 6.45. The number of nitrogens with zero attached hydrogens (tertiary/aromatic N) is 2. The van der Waals surface area contributed by atoms with Crippen molar-refractivity contribution in [3.63, 3.8) is 0 Å². The van der Waals surface area contributed by atoms with Crippen molar-refractivity contribution in [2.24, 2.45) is 0 Å². The fourth-order valence-corrected chi connectivity index (χ4v) is 5.79. The number of sulfonamides is 1. The van der Waals surface area contributed by atoms with Gasteiger partial charge in [0.25, 0.3) is 10.0 Å². The van der Waals surface area contributed by atoms with E-state index in [0.717, 1.165) is 21.9 Å². The van der Waals surface area contributed by atoms with Crippen molar-refractivity contribution in [2.75, 3.05) is 24.5 Å². The van der Waals surface area contributed by atoms with Gasteiger partial charge in [-0.15, -0.1) is 0 Å². The molecule has 40 heavy (non-hydrogen) atoms. The Balaban J connectivity index is 2.09. The van der Waals surface area contributed by atoms with Crippen LogP contribution in [0.3, 0.4) is 0 Å². The van der Waals surface area contributed by atoms with Crippen molar-refractivity contribution >= 4 is 39.1 Å². The zero-order valence-corrected chi connectivity index (χ0v) is 25.1. The maximum atomic E-state index is 14.0. The van der Waals surface area contributed by atoms with Gasteiger partial charge in [0.2, 0.25) is 11.8 Å². The Morgan fingerprint density at radius 1 is 1.00 bits per heavy atom. The lowest BCUT2D eigenvalue weighted by atomic mass is 10.1. The normalized spacial score (nSPS) is 11.9. The van der Waals surface area contributed by atoms with Crippen molar-refractivity contribution in [3.05, 3.63) is 88.4 Å². The molecule has 0 fully saturated rings. The Labute approximate surface area is 241 Å². The molecular weight excluding hydrogens is 550 g/mol. The minimum absolute atomic E-state index is 0.0320. The van der Waals surface area contributed by atoms with Crippen LogP contribution in [0.15, 0.2) is 71.6 Å². The van der Waals surface area contributed by atoms with Crippen molar-refractivity contribution in [3.8, 4) is 5.75 Å². The Bertz CT molecular complexity index is 1440. The number of hydrogen-bond acceptors (Lipinski definition) is 5. The Morgan fingerprint density at radius 3 is 2.30 bits per heavy atom. The summed E-state index contributed by atoms with van der Waals surface area (Å²) < 4.78 is 34.6. The number of halogens is 1. The number of carbonyl (C=O) groups excluding carboxylic acids is 2. The summed E-state index contributed by atoms with van der Waals surface area (Å²) in [6.45, 7) is 7.21. The highest BCUT2D eigenvalue weighted by atomic mass is 35.5. The molecule has 0 aromatic heterocycles. The Kier molecular flexibility index (Phi) is 10.6. The van der Waals surface area contributed by atoms with E-state index in [1.54, 1.807) is 61.5 Å². The molecule has 0 aliphatic rings. The first-order valence-electron chi connectivity index (χ1n) is 13.0. The van der Waals surface area contributed by atoms with E-state index in [0.29, 0.717) is 22.9 Å². The van der Waals surface area contributed by atoms with Gasteiger partial charge in [-0.25, -0.2) is 8.42 Å². The molecule has 0 saturated carbocycles. The van der Waals surface area contributed by atoms with Crippen molar-refractivity contribution in [1.29, 1.82) is 0 Å². The van der Waals surface area contributed by atoms with E-state index in [4.69, 9.17) is 16.3 Å². The van der Waals surface area contributed by atoms with Crippen LogP contribution in [0.25, 0.3) is 0 Å². The average Bonchev–Trinajstić information content (AvgIpc) is 2.93. The molecule has 0 heterocycles. The summed E-state index contributed by atoms with van der Waals surface area (Å²) in [6, 6.07) is 17.7. The van der Waals surface area contributed by atoms with E-state index in [1.807, 2.05) is 20.8 Å². The van der Waals surface area contributed by atoms with Gasteiger partial charge < -0.3 is 15.0 Å². The van der Waals surface area contributed by atoms with Gasteiger partial charge in [-0.3, -0.25) is 13.9 Å². The smallest absolute Gasteiger partial charge is 0.264 e. The first-order valence-corrected chi connectivity index (χ1v) is 14.9. The highest BCUT2D eigenvalue weighted by Gasteiger charge is 2.33. The topological polar surface area (TPSA) is 96.0 Å².